The van der Waals surface area contributed by atoms with Crippen molar-refractivity contribution in [2.75, 3.05) is 25.9 Å². The van der Waals surface area contributed by atoms with Crippen LogP contribution in [-0.2, 0) is 23.2 Å². The summed E-state index contributed by atoms with van der Waals surface area (Å²) in [4.78, 5) is 38.9. The van der Waals surface area contributed by atoms with Crippen LogP contribution in [0.5, 0.6) is 5.75 Å². The number of hydrogen-bond acceptors (Lipinski definition) is 9. The third-order valence-electron chi connectivity index (χ3n) is 5.70. The van der Waals surface area contributed by atoms with Gasteiger partial charge in [0.15, 0.2) is 11.5 Å². The summed E-state index contributed by atoms with van der Waals surface area (Å²) in [5.41, 5.74) is -0.807. The minimum atomic E-state index is -4.01. The van der Waals surface area contributed by atoms with Crippen molar-refractivity contribution < 1.29 is 31.6 Å². The third-order valence-corrected chi connectivity index (χ3v) is 6.72. The molecule has 0 saturated carbocycles. The van der Waals surface area contributed by atoms with Crippen LogP contribution in [0.3, 0.4) is 0 Å². The van der Waals surface area contributed by atoms with Gasteiger partial charge in [0, 0.05) is 51.1 Å². The van der Waals surface area contributed by atoms with E-state index in [2.05, 4.69) is 25.4 Å². The van der Waals surface area contributed by atoms with Crippen molar-refractivity contribution in [2.45, 2.75) is 13.0 Å². The fraction of sp³-hybridized carbons (Fsp3) is 0.208. The Bertz CT molecular complexity index is 1740. The molecule has 0 atom stereocenters. The number of amides is 2. The Morgan fingerprint density at radius 1 is 1.18 bits per heavy atom. The quantitative estimate of drug-likeness (QED) is 0.215. The zero-order chi connectivity index (χ0) is 29.0. The van der Waals surface area contributed by atoms with Crippen LogP contribution < -0.4 is 25.1 Å². The minimum absolute atomic E-state index is 0.00210. The molecule has 2 heterocycles. The molecule has 2 aromatic carbocycles. The fourth-order valence-electron chi connectivity index (χ4n) is 3.67. The number of H-pyrrole nitrogens is 1. The molecule has 2 aromatic heterocycles. The zero-order valence-corrected chi connectivity index (χ0v) is 22.3. The molecule has 4 rings (SSSR count). The largest absolute Gasteiger partial charge is 0.422 e. The van der Waals surface area contributed by atoms with Gasteiger partial charge >= 0.3 is 11.7 Å². The van der Waals surface area contributed by atoms with Gasteiger partial charge in [-0.05, 0) is 29.3 Å². The van der Waals surface area contributed by atoms with Gasteiger partial charge in [-0.25, -0.2) is 18.7 Å². The van der Waals surface area contributed by atoms with Gasteiger partial charge in [-0.3, -0.25) is 14.6 Å². The number of rotatable bonds is 9. The molecule has 4 N–H and O–H groups in total. The predicted molar refractivity (Wildman–Crippen MR) is 141 cm³/mol. The number of anilines is 1. The highest BCUT2D eigenvalue weighted by molar-refractivity contribution is 7.90. The first-order valence-electron chi connectivity index (χ1n) is 11.6. The van der Waals surface area contributed by atoms with Crippen molar-refractivity contribution in [1.82, 2.24) is 30.3 Å². The summed E-state index contributed by atoms with van der Waals surface area (Å²) >= 11 is 0. The molecule has 0 radical (unpaired) electrons. The van der Waals surface area contributed by atoms with Crippen molar-refractivity contribution in [3.63, 3.8) is 0 Å². The lowest BCUT2D eigenvalue weighted by Gasteiger charge is -2.15. The molecule has 16 heteroatoms. The van der Waals surface area contributed by atoms with Gasteiger partial charge in [-0.1, -0.05) is 17.3 Å². The van der Waals surface area contributed by atoms with Gasteiger partial charge in [0.1, 0.15) is 11.3 Å². The zero-order valence-electron chi connectivity index (χ0n) is 21.4. The molecule has 0 unspecified atom stereocenters. The van der Waals surface area contributed by atoms with Crippen LogP contribution in [0.25, 0.3) is 11.0 Å². The fourth-order valence-corrected chi connectivity index (χ4v) is 4.22. The highest BCUT2D eigenvalue weighted by Crippen LogP contribution is 2.28. The van der Waals surface area contributed by atoms with Gasteiger partial charge in [0.05, 0.1) is 11.9 Å². The Morgan fingerprint density at radius 2 is 1.95 bits per heavy atom. The number of ether oxygens (including phenoxy) is 1. The van der Waals surface area contributed by atoms with E-state index in [0.29, 0.717) is 10.9 Å². The average molecular weight is 574 g/mol. The van der Waals surface area contributed by atoms with E-state index < -0.39 is 33.7 Å². The van der Waals surface area contributed by atoms with Crippen LogP contribution in [0.1, 0.15) is 27.2 Å². The molecule has 0 aliphatic carbocycles. The number of nitrogens with zero attached hydrogens (tertiary/aromatic N) is 3. The Kier molecular flexibility index (Phi) is 8.11. The van der Waals surface area contributed by atoms with Gasteiger partial charge < -0.3 is 19.4 Å². The second kappa shape index (κ2) is 11.5. The third kappa shape index (κ3) is 6.24. The number of nitrogens with one attached hydrogen (secondary N) is 4. The monoisotopic (exact) mass is 573 g/mol. The van der Waals surface area contributed by atoms with Crippen LogP contribution in [0.2, 0.25) is 0 Å². The molecule has 4 aromatic rings. The SMILES string of the molecule is CNS(=O)(=O)Nc1cccc(Cc2c(CNC(=O)c3c[nH]nn3)c3ccc(OC(=O)N(C)C)cc3oc2=O)c1F. The number of carbonyl (C=O) groups is 2. The highest BCUT2D eigenvalue weighted by atomic mass is 32.2. The first kappa shape index (κ1) is 28.2. The molecule has 0 aliphatic rings. The molecule has 0 bridgehead atoms. The van der Waals surface area contributed by atoms with Gasteiger partial charge in [-0.2, -0.15) is 8.42 Å². The smallest absolute Gasteiger partial charge is 0.414 e. The normalized spacial score (nSPS) is 11.3. The summed E-state index contributed by atoms with van der Waals surface area (Å²) in [5.74, 6) is -1.38. The molecule has 0 aliphatic heterocycles. The molecule has 210 valence electrons. The first-order chi connectivity index (χ1) is 19.0. The van der Waals surface area contributed by atoms with E-state index in [1.165, 1.54) is 61.6 Å². The van der Waals surface area contributed by atoms with E-state index in [4.69, 9.17) is 9.15 Å². The van der Waals surface area contributed by atoms with Crippen LogP contribution in [0, 0.1) is 5.82 Å². The number of aromatic amines is 1. The maximum atomic E-state index is 15.3. The lowest BCUT2D eigenvalue weighted by molar-refractivity contribution is 0.0945. The lowest BCUT2D eigenvalue weighted by atomic mass is 9.97. The van der Waals surface area contributed by atoms with Crippen LogP contribution in [0.4, 0.5) is 14.9 Å². The van der Waals surface area contributed by atoms with Gasteiger partial charge in [-0.15, -0.1) is 5.10 Å². The lowest BCUT2D eigenvalue weighted by Crippen LogP contribution is -2.27. The maximum absolute atomic E-state index is 15.3. The highest BCUT2D eigenvalue weighted by Gasteiger charge is 2.21. The summed E-state index contributed by atoms with van der Waals surface area (Å²) in [6.45, 7) is -0.187. The number of benzene rings is 2. The van der Waals surface area contributed by atoms with E-state index in [-0.39, 0.29) is 46.8 Å². The average Bonchev–Trinajstić information content (AvgIpc) is 3.45. The van der Waals surface area contributed by atoms with E-state index in [1.54, 1.807) is 0 Å². The minimum Gasteiger partial charge on any atom is -0.422 e. The molecule has 14 nitrogen and oxygen atoms in total. The number of fused-ring (bicyclic) bond motifs is 1. The molecular weight excluding hydrogens is 549 g/mol. The van der Waals surface area contributed by atoms with Crippen molar-refractivity contribution in [3.8, 4) is 5.75 Å². The standard InChI is InChI=1S/C24H24FN7O7S/c1-26-40(36,37)30-18-6-4-5-13(21(18)25)9-16-17(11-27-22(33)19-12-28-31-29-19)15-8-7-14(38-24(35)32(2)3)10-20(15)39-23(16)34/h4-8,10,12,26,30H,9,11H2,1-3H3,(H,27,33)(H,28,29,31). The molecular formula is C24H24FN7O7S. The summed E-state index contributed by atoms with van der Waals surface area (Å²) < 4.78 is 53.9. The number of halogens is 1. The number of hydrogen-bond donors (Lipinski definition) is 4. The van der Waals surface area contributed by atoms with Crippen LogP contribution in [0.15, 0.2) is 51.8 Å². The van der Waals surface area contributed by atoms with Crippen molar-refractivity contribution in [2.24, 2.45) is 0 Å². The van der Waals surface area contributed by atoms with Crippen molar-refractivity contribution in [1.29, 1.82) is 0 Å². The summed E-state index contributed by atoms with van der Waals surface area (Å²) in [6, 6.07) is 8.39. The maximum Gasteiger partial charge on any atom is 0.414 e. The van der Waals surface area contributed by atoms with Crippen molar-refractivity contribution >= 4 is 38.9 Å². The van der Waals surface area contributed by atoms with Gasteiger partial charge in [0.25, 0.3) is 16.1 Å². The van der Waals surface area contributed by atoms with Crippen LogP contribution in [-0.4, -0.2) is 61.9 Å². The second-order valence-corrected chi connectivity index (χ2v) is 10.2. The summed E-state index contributed by atoms with van der Waals surface area (Å²) in [5, 5.41) is 12.6. The van der Waals surface area contributed by atoms with Gasteiger partial charge in [0.2, 0.25) is 0 Å². The predicted octanol–water partition coefficient (Wildman–Crippen LogP) is 1.51. The second-order valence-electron chi connectivity index (χ2n) is 8.57. The molecule has 40 heavy (non-hydrogen) atoms. The Hall–Kier alpha value is -4.83. The Labute approximate surface area is 226 Å². The number of aromatic nitrogens is 3. The van der Waals surface area contributed by atoms with Crippen molar-refractivity contribution in [3.05, 3.63) is 81.2 Å². The molecule has 0 saturated heterocycles. The topological polar surface area (TPSA) is 189 Å². The van der Waals surface area contributed by atoms with E-state index in [0.717, 1.165) is 7.05 Å². The first-order valence-corrected chi connectivity index (χ1v) is 13.1. The molecule has 0 fully saturated rings. The van der Waals surface area contributed by atoms with E-state index >= 15 is 4.39 Å². The Balaban J connectivity index is 1.78. The van der Waals surface area contributed by atoms with E-state index in [9.17, 15) is 22.8 Å². The van der Waals surface area contributed by atoms with E-state index in [1.807, 2.05) is 4.72 Å². The Morgan fingerprint density at radius 3 is 2.62 bits per heavy atom. The summed E-state index contributed by atoms with van der Waals surface area (Å²) in [6.07, 6.45) is 0.334. The molecule has 2 amide bonds. The molecule has 0 spiro atoms. The number of carbonyl (C=O) groups excluding carboxylic acids is 2. The van der Waals surface area contributed by atoms with Crippen LogP contribution >= 0.6 is 0 Å². The summed E-state index contributed by atoms with van der Waals surface area (Å²) in [7, 11) is 0.162.